The van der Waals surface area contributed by atoms with Gasteiger partial charge >= 0.3 is 0 Å². The van der Waals surface area contributed by atoms with E-state index in [2.05, 4.69) is 22.3 Å². The molecule has 1 aromatic rings. The molecule has 0 unspecified atom stereocenters. The second-order valence-electron chi connectivity index (χ2n) is 11.3. The minimum atomic E-state index is -1.13. The Labute approximate surface area is 178 Å². The molecule has 30 heavy (non-hydrogen) atoms. The number of hydrogen-bond acceptors (Lipinski definition) is 5. The maximum Gasteiger partial charge on any atom is 0.171 e. The van der Waals surface area contributed by atoms with Crippen LogP contribution in [0.5, 0.6) is 0 Å². The number of carbonyl (C=O) groups is 1. The number of aliphatic hydroxyl groups is 1. The number of Topliss-reactive ketones (excluding diaryl/α,β-unsaturated/α-hetero) is 1. The van der Waals surface area contributed by atoms with E-state index < -0.39 is 11.3 Å². The number of tetrazole rings is 1. The lowest BCUT2D eigenvalue weighted by molar-refractivity contribution is -0.166. The van der Waals surface area contributed by atoms with Gasteiger partial charge < -0.3 is 5.11 Å². The van der Waals surface area contributed by atoms with E-state index >= 15 is 4.39 Å². The van der Waals surface area contributed by atoms with Crippen LogP contribution < -0.4 is 0 Å². The average molecular weight is 419 g/mol. The molecule has 4 saturated carbocycles. The number of carbonyl (C=O) groups excluding carboxylic acids is 1. The van der Waals surface area contributed by atoms with Crippen molar-refractivity contribution in [3.8, 4) is 0 Å². The molecule has 1 N–H and O–H groups in total. The Bertz CT molecular complexity index is 841. The van der Waals surface area contributed by atoms with Gasteiger partial charge in [-0.25, -0.2) is 4.39 Å². The number of aromatic nitrogens is 4. The molecule has 0 spiro atoms. The van der Waals surface area contributed by atoms with Crippen molar-refractivity contribution in [2.24, 2.45) is 35.0 Å². The first-order valence-electron chi connectivity index (χ1n) is 11.8. The van der Waals surface area contributed by atoms with Gasteiger partial charge in [-0.05, 0) is 106 Å². The number of ketones is 1. The fraction of sp³-hybridized carbons (Fsp3) is 0.913. The fourth-order valence-corrected chi connectivity index (χ4v) is 8.15. The van der Waals surface area contributed by atoms with Gasteiger partial charge in [-0.15, -0.1) is 10.2 Å². The van der Waals surface area contributed by atoms with Crippen molar-refractivity contribution in [3.05, 3.63) is 5.82 Å². The molecular formula is C23H35FN4O2. The number of alkyl halides is 1. The molecule has 4 aliphatic carbocycles. The Kier molecular flexibility index (Phi) is 4.66. The van der Waals surface area contributed by atoms with Crippen LogP contribution in [0.2, 0.25) is 0 Å². The van der Waals surface area contributed by atoms with Gasteiger partial charge in [0.25, 0.3) is 0 Å². The van der Waals surface area contributed by atoms with Crippen molar-refractivity contribution in [1.29, 1.82) is 0 Å². The highest BCUT2D eigenvalue weighted by atomic mass is 19.1. The van der Waals surface area contributed by atoms with Crippen molar-refractivity contribution in [3.63, 3.8) is 0 Å². The highest BCUT2D eigenvalue weighted by Gasteiger charge is 2.63. The second kappa shape index (κ2) is 6.81. The molecule has 8 atom stereocenters. The first-order valence-corrected chi connectivity index (χ1v) is 11.8. The third-order valence-corrected chi connectivity index (χ3v) is 9.55. The summed E-state index contributed by atoms with van der Waals surface area (Å²) < 4.78 is 16.4. The van der Waals surface area contributed by atoms with Crippen LogP contribution in [0, 0.1) is 41.9 Å². The molecule has 6 nitrogen and oxygen atoms in total. The van der Waals surface area contributed by atoms with E-state index in [4.69, 9.17) is 0 Å². The van der Waals surface area contributed by atoms with Crippen LogP contribution >= 0.6 is 0 Å². The van der Waals surface area contributed by atoms with Crippen LogP contribution in [0.3, 0.4) is 0 Å². The molecule has 4 fully saturated rings. The maximum atomic E-state index is 16.4. The first-order chi connectivity index (χ1) is 14.1. The minimum Gasteiger partial charge on any atom is -0.390 e. The Morgan fingerprint density at radius 3 is 2.67 bits per heavy atom. The van der Waals surface area contributed by atoms with Crippen LogP contribution in [0.15, 0.2) is 0 Å². The third kappa shape index (κ3) is 3.06. The summed E-state index contributed by atoms with van der Waals surface area (Å²) in [5.74, 6) is 1.68. The SMILES string of the molecule is Cc1nnn(CC(=O)[C@H]2CC[C@H]3[C@@H]4CC[C@@H]5C[C@](C)(O)CC[C@]5(F)[C@H]4CC[C@]23C)n1. The fourth-order valence-electron chi connectivity index (χ4n) is 8.15. The van der Waals surface area contributed by atoms with Gasteiger partial charge in [0.1, 0.15) is 12.2 Å². The smallest absolute Gasteiger partial charge is 0.171 e. The third-order valence-electron chi connectivity index (χ3n) is 9.55. The average Bonchev–Trinajstić information content (AvgIpc) is 3.24. The van der Waals surface area contributed by atoms with Gasteiger partial charge in [0.2, 0.25) is 0 Å². The highest BCUT2D eigenvalue weighted by Crippen LogP contribution is 2.66. The summed E-state index contributed by atoms with van der Waals surface area (Å²) in [6.45, 7) is 6.11. The number of halogens is 1. The predicted molar refractivity (Wildman–Crippen MR) is 109 cm³/mol. The van der Waals surface area contributed by atoms with Gasteiger partial charge in [0.05, 0.1) is 5.60 Å². The molecule has 0 aliphatic heterocycles. The van der Waals surface area contributed by atoms with Crippen LogP contribution in [-0.2, 0) is 11.3 Å². The molecule has 7 heteroatoms. The van der Waals surface area contributed by atoms with Crippen LogP contribution in [0.4, 0.5) is 4.39 Å². The first kappa shape index (κ1) is 20.5. The molecule has 5 rings (SSSR count). The standard InChI is InChI=1S/C23H35FN4O2/c1-14-25-27-28(26-14)13-20(29)19-7-6-17-16-5-4-15-12-21(2,30)10-11-23(15,24)18(16)8-9-22(17,19)3/h15-19,30H,4-13H2,1-3H3/t15-,16+,17+,18+,19-,21-,22+,23-/m1/s1. The number of aryl methyl sites for hydroxylation is 1. The largest absolute Gasteiger partial charge is 0.390 e. The Morgan fingerprint density at radius 1 is 1.13 bits per heavy atom. The van der Waals surface area contributed by atoms with Crippen LogP contribution in [0.1, 0.15) is 77.5 Å². The summed E-state index contributed by atoms with van der Waals surface area (Å²) in [6, 6.07) is 0. The topological polar surface area (TPSA) is 80.9 Å². The molecule has 4 aliphatic rings. The molecular weight excluding hydrogens is 383 g/mol. The molecule has 1 aromatic heterocycles. The van der Waals surface area contributed by atoms with Gasteiger partial charge in [0, 0.05) is 5.92 Å². The molecule has 0 aromatic carbocycles. The normalized spacial score (nSPS) is 48.0. The second-order valence-corrected chi connectivity index (χ2v) is 11.3. The Morgan fingerprint density at radius 2 is 1.93 bits per heavy atom. The number of nitrogens with zero attached hydrogens (tertiary/aromatic N) is 4. The molecule has 166 valence electrons. The summed E-state index contributed by atoms with van der Waals surface area (Å²) >= 11 is 0. The van der Waals surface area contributed by atoms with E-state index in [1.807, 2.05) is 6.92 Å². The van der Waals surface area contributed by atoms with Crippen molar-refractivity contribution in [1.82, 2.24) is 20.2 Å². The lowest BCUT2D eigenvalue weighted by Crippen LogP contribution is -2.58. The van der Waals surface area contributed by atoms with Gasteiger partial charge in [-0.2, -0.15) is 4.80 Å². The predicted octanol–water partition coefficient (Wildman–Crippen LogP) is 3.66. The Balaban J connectivity index is 1.34. The summed E-state index contributed by atoms with van der Waals surface area (Å²) in [6.07, 6.45) is 7.30. The van der Waals surface area contributed by atoms with Gasteiger partial charge in [-0.1, -0.05) is 6.92 Å². The zero-order chi connectivity index (χ0) is 21.3. The van der Waals surface area contributed by atoms with E-state index in [0.29, 0.717) is 36.9 Å². The summed E-state index contributed by atoms with van der Waals surface area (Å²) in [5.41, 5.74) is -1.89. The Hall–Kier alpha value is -1.37. The van der Waals surface area contributed by atoms with Gasteiger partial charge in [0.15, 0.2) is 11.6 Å². The van der Waals surface area contributed by atoms with E-state index in [0.717, 1.165) is 38.5 Å². The number of rotatable bonds is 3. The summed E-state index contributed by atoms with van der Waals surface area (Å²) in [5, 5.41) is 22.5. The van der Waals surface area contributed by atoms with Crippen molar-refractivity contribution in [2.75, 3.05) is 0 Å². The molecule has 0 bridgehead atoms. The zero-order valence-electron chi connectivity index (χ0n) is 18.5. The molecule has 1 heterocycles. The zero-order valence-corrected chi connectivity index (χ0v) is 18.5. The van der Waals surface area contributed by atoms with Crippen LogP contribution in [-0.4, -0.2) is 42.4 Å². The maximum absolute atomic E-state index is 16.4. The van der Waals surface area contributed by atoms with E-state index in [9.17, 15) is 9.90 Å². The summed E-state index contributed by atoms with van der Waals surface area (Å²) in [4.78, 5) is 14.6. The molecule has 0 radical (unpaired) electrons. The monoisotopic (exact) mass is 418 g/mol. The minimum absolute atomic E-state index is 0.00711. The quantitative estimate of drug-likeness (QED) is 0.810. The lowest BCUT2D eigenvalue weighted by Gasteiger charge is -2.59. The van der Waals surface area contributed by atoms with Gasteiger partial charge in [-0.3, -0.25) is 4.79 Å². The molecule has 0 saturated heterocycles. The van der Waals surface area contributed by atoms with Crippen molar-refractivity contribution < 1.29 is 14.3 Å². The van der Waals surface area contributed by atoms with Crippen molar-refractivity contribution >= 4 is 5.78 Å². The van der Waals surface area contributed by atoms with Crippen molar-refractivity contribution in [2.45, 2.75) is 96.4 Å². The van der Waals surface area contributed by atoms with E-state index in [1.54, 1.807) is 6.92 Å². The van der Waals surface area contributed by atoms with Crippen LogP contribution in [0.25, 0.3) is 0 Å². The number of fused-ring (bicyclic) bond motifs is 5. The van der Waals surface area contributed by atoms with E-state index in [-0.39, 0.29) is 35.5 Å². The van der Waals surface area contributed by atoms with E-state index in [1.165, 1.54) is 4.80 Å². The number of hydrogen-bond donors (Lipinski definition) is 1. The summed E-state index contributed by atoms with van der Waals surface area (Å²) in [7, 11) is 0. The lowest BCUT2D eigenvalue weighted by atomic mass is 9.48. The molecule has 0 amide bonds. The highest BCUT2D eigenvalue weighted by molar-refractivity contribution is 5.81.